The van der Waals surface area contributed by atoms with Gasteiger partial charge in [0.25, 0.3) is 5.91 Å². The van der Waals surface area contributed by atoms with Crippen molar-refractivity contribution < 1.29 is 4.79 Å². The van der Waals surface area contributed by atoms with Crippen LogP contribution in [0.15, 0.2) is 18.2 Å². The van der Waals surface area contributed by atoms with Gasteiger partial charge in [-0.3, -0.25) is 9.69 Å². The summed E-state index contributed by atoms with van der Waals surface area (Å²) in [6, 6.07) is 5.99. The molecule has 1 fully saturated rings. The molecule has 4 heteroatoms. The average molecular weight is 261 g/mol. The third-order valence-electron chi connectivity index (χ3n) is 4.05. The lowest BCUT2D eigenvalue weighted by molar-refractivity contribution is 0.0542. The van der Waals surface area contributed by atoms with E-state index in [1.165, 1.54) is 0 Å². The molecule has 0 spiro atoms. The number of nitrogens with two attached hydrogens (primary N) is 1. The number of nitrogens with zero attached hydrogens (tertiary/aromatic N) is 2. The van der Waals surface area contributed by atoms with E-state index in [0.29, 0.717) is 6.04 Å². The highest BCUT2D eigenvalue weighted by Crippen LogP contribution is 2.17. The molecule has 104 valence electrons. The van der Waals surface area contributed by atoms with Gasteiger partial charge >= 0.3 is 0 Å². The molecule has 1 aromatic carbocycles. The molecule has 0 radical (unpaired) electrons. The Morgan fingerprint density at radius 1 is 1.42 bits per heavy atom. The van der Waals surface area contributed by atoms with Gasteiger partial charge in [0.15, 0.2) is 0 Å². The van der Waals surface area contributed by atoms with Gasteiger partial charge in [-0.2, -0.15) is 0 Å². The second-order valence-corrected chi connectivity index (χ2v) is 5.37. The maximum absolute atomic E-state index is 12.5. The van der Waals surface area contributed by atoms with Crippen molar-refractivity contribution in [2.24, 2.45) is 0 Å². The van der Waals surface area contributed by atoms with Crippen molar-refractivity contribution in [1.82, 2.24) is 9.80 Å². The molecule has 0 bridgehead atoms. The normalized spacial score (nSPS) is 20.6. The van der Waals surface area contributed by atoms with Crippen molar-refractivity contribution in [3.05, 3.63) is 29.3 Å². The van der Waals surface area contributed by atoms with Crippen molar-refractivity contribution in [3.63, 3.8) is 0 Å². The molecule has 0 aliphatic carbocycles. The van der Waals surface area contributed by atoms with Gasteiger partial charge < -0.3 is 10.6 Å². The Bertz CT molecular complexity index is 472. The summed E-state index contributed by atoms with van der Waals surface area (Å²) in [6.07, 6.45) is 1.07. The van der Waals surface area contributed by atoms with Crippen LogP contribution in [0.4, 0.5) is 5.69 Å². The first-order valence-electron chi connectivity index (χ1n) is 6.88. The van der Waals surface area contributed by atoms with Crippen molar-refractivity contribution >= 4 is 11.6 Å². The van der Waals surface area contributed by atoms with E-state index in [9.17, 15) is 4.79 Å². The van der Waals surface area contributed by atoms with Crippen molar-refractivity contribution in [2.45, 2.75) is 26.3 Å². The Morgan fingerprint density at radius 2 is 2.16 bits per heavy atom. The molecule has 1 heterocycles. The van der Waals surface area contributed by atoms with Crippen LogP contribution in [0.5, 0.6) is 0 Å². The molecule has 0 aromatic heterocycles. The minimum absolute atomic E-state index is 0.120. The molecule has 0 saturated carbocycles. The number of benzene rings is 1. The largest absolute Gasteiger partial charge is 0.399 e. The molecule has 1 aliphatic rings. The van der Waals surface area contributed by atoms with Gasteiger partial charge in [0.1, 0.15) is 0 Å². The zero-order valence-electron chi connectivity index (χ0n) is 12.0. The summed E-state index contributed by atoms with van der Waals surface area (Å²) in [5, 5.41) is 0. The van der Waals surface area contributed by atoms with Crippen LogP contribution in [0.3, 0.4) is 0 Å². The number of aryl methyl sites for hydroxylation is 1. The summed E-state index contributed by atoms with van der Waals surface area (Å²) < 4.78 is 0. The predicted molar refractivity (Wildman–Crippen MR) is 78.2 cm³/mol. The van der Waals surface area contributed by atoms with Crippen molar-refractivity contribution in [3.8, 4) is 0 Å². The van der Waals surface area contributed by atoms with E-state index in [2.05, 4.69) is 18.9 Å². The fraction of sp³-hybridized carbons (Fsp3) is 0.533. The number of hydrogen-bond acceptors (Lipinski definition) is 3. The Morgan fingerprint density at radius 3 is 2.79 bits per heavy atom. The van der Waals surface area contributed by atoms with E-state index in [1.54, 1.807) is 0 Å². The number of anilines is 1. The third-order valence-corrected chi connectivity index (χ3v) is 4.05. The molecule has 1 aromatic rings. The lowest BCUT2D eigenvalue weighted by Gasteiger charge is -2.39. The van der Waals surface area contributed by atoms with Gasteiger partial charge in [-0.1, -0.05) is 6.92 Å². The maximum atomic E-state index is 12.5. The van der Waals surface area contributed by atoms with Gasteiger partial charge in [0, 0.05) is 36.9 Å². The van der Waals surface area contributed by atoms with Gasteiger partial charge in [-0.15, -0.1) is 0 Å². The number of carbonyl (C=O) groups is 1. The Kier molecular flexibility index (Phi) is 4.10. The summed E-state index contributed by atoms with van der Waals surface area (Å²) in [4.78, 5) is 16.8. The monoisotopic (exact) mass is 261 g/mol. The first kappa shape index (κ1) is 13.9. The highest BCUT2D eigenvalue weighted by Gasteiger charge is 2.26. The van der Waals surface area contributed by atoms with E-state index >= 15 is 0 Å². The fourth-order valence-electron chi connectivity index (χ4n) is 2.56. The van der Waals surface area contributed by atoms with Crippen LogP contribution in [-0.2, 0) is 0 Å². The smallest absolute Gasteiger partial charge is 0.253 e. The summed E-state index contributed by atoms with van der Waals surface area (Å²) in [6.45, 7) is 6.66. The minimum Gasteiger partial charge on any atom is -0.399 e. The summed E-state index contributed by atoms with van der Waals surface area (Å²) in [7, 11) is 2.13. The van der Waals surface area contributed by atoms with Crippen molar-refractivity contribution in [1.29, 1.82) is 0 Å². The van der Waals surface area contributed by atoms with E-state index in [-0.39, 0.29) is 5.91 Å². The number of likely N-dealkylation sites (N-methyl/N-ethyl adjacent to an activating group) is 1. The standard InChI is InChI=1S/C15H23N3O/c1-4-13-10-18(8-7-17(13)3)15(19)12-5-6-14(16)11(2)9-12/h5-6,9,13H,4,7-8,10,16H2,1-3H3. The number of nitrogen functional groups attached to an aromatic ring is 1. The van der Waals surface area contributed by atoms with Gasteiger partial charge in [-0.25, -0.2) is 0 Å². The van der Waals surface area contributed by atoms with E-state index in [0.717, 1.165) is 42.9 Å². The van der Waals surface area contributed by atoms with Crippen LogP contribution < -0.4 is 5.73 Å². The van der Waals surface area contributed by atoms with Gasteiger partial charge in [0.05, 0.1) is 0 Å². The molecule has 4 nitrogen and oxygen atoms in total. The molecule has 1 saturated heterocycles. The lowest BCUT2D eigenvalue weighted by atomic mass is 10.1. The Hall–Kier alpha value is -1.55. The third kappa shape index (κ3) is 2.89. The number of hydrogen-bond donors (Lipinski definition) is 1. The van der Waals surface area contributed by atoms with Crippen LogP contribution in [0, 0.1) is 6.92 Å². The number of amides is 1. The maximum Gasteiger partial charge on any atom is 0.253 e. The SMILES string of the molecule is CCC1CN(C(=O)c2ccc(N)c(C)c2)CCN1C. The van der Waals surface area contributed by atoms with Gasteiger partial charge in [0.2, 0.25) is 0 Å². The van der Waals surface area contributed by atoms with Crippen LogP contribution in [0.25, 0.3) is 0 Å². The summed E-state index contributed by atoms with van der Waals surface area (Å²) in [5.41, 5.74) is 8.24. The first-order valence-corrected chi connectivity index (χ1v) is 6.88. The average Bonchev–Trinajstić information content (AvgIpc) is 2.41. The quantitative estimate of drug-likeness (QED) is 0.825. The topological polar surface area (TPSA) is 49.6 Å². The number of carbonyl (C=O) groups excluding carboxylic acids is 1. The van der Waals surface area contributed by atoms with Crippen LogP contribution in [0.1, 0.15) is 29.3 Å². The molecular weight excluding hydrogens is 238 g/mol. The Balaban J connectivity index is 2.13. The van der Waals surface area contributed by atoms with Crippen LogP contribution in [-0.4, -0.2) is 48.4 Å². The Labute approximate surface area is 115 Å². The summed E-state index contributed by atoms with van der Waals surface area (Å²) >= 11 is 0. The first-order chi connectivity index (χ1) is 9.02. The molecule has 1 aliphatic heterocycles. The zero-order chi connectivity index (χ0) is 14.0. The van der Waals surface area contributed by atoms with Crippen molar-refractivity contribution in [2.75, 3.05) is 32.4 Å². The van der Waals surface area contributed by atoms with E-state index in [4.69, 9.17) is 5.73 Å². The fourth-order valence-corrected chi connectivity index (χ4v) is 2.56. The molecule has 2 N–H and O–H groups in total. The van der Waals surface area contributed by atoms with Crippen LogP contribution >= 0.6 is 0 Å². The molecule has 2 rings (SSSR count). The minimum atomic E-state index is 0.120. The summed E-state index contributed by atoms with van der Waals surface area (Å²) in [5.74, 6) is 0.120. The van der Waals surface area contributed by atoms with E-state index < -0.39 is 0 Å². The number of rotatable bonds is 2. The molecule has 19 heavy (non-hydrogen) atoms. The van der Waals surface area contributed by atoms with Crippen LogP contribution in [0.2, 0.25) is 0 Å². The molecular formula is C15H23N3O. The highest BCUT2D eigenvalue weighted by molar-refractivity contribution is 5.95. The zero-order valence-corrected chi connectivity index (χ0v) is 12.0. The predicted octanol–water partition coefficient (Wildman–Crippen LogP) is 1.74. The second kappa shape index (κ2) is 5.61. The highest BCUT2D eigenvalue weighted by atomic mass is 16.2. The second-order valence-electron chi connectivity index (χ2n) is 5.37. The molecule has 1 atom stereocenters. The number of piperazine rings is 1. The lowest BCUT2D eigenvalue weighted by Crippen LogP contribution is -2.52. The molecule has 1 unspecified atom stereocenters. The molecule has 1 amide bonds. The van der Waals surface area contributed by atoms with E-state index in [1.807, 2.05) is 30.0 Å². The van der Waals surface area contributed by atoms with Gasteiger partial charge in [-0.05, 0) is 44.2 Å².